The van der Waals surface area contributed by atoms with E-state index in [9.17, 15) is 4.79 Å². The lowest BCUT2D eigenvalue weighted by Gasteiger charge is -2.13. The zero-order valence-corrected chi connectivity index (χ0v) is 5.84. The van der Waals surface area contributed by atoms with Crippen LogP contribution in [-0.2, 0) is 4.79 Å². The molecule has 10 heavy (non-hydrogen) atoms. The molecule has 1 amide bonds. The van der Waals surface area contributed by atoms with E-state index in [-0.39, 0.29) is 5.92 Å². The molecule has 0 aromatic rings. The lowest BCUT2D eigenvalue weighted by molar-refractivity contribution is -0.120. The maximum atomic E-state index is 10.6. The highest BCUT2D eigenvalue weighted by Crippen LogP contribution is 2.09. The maximum Gasteiger partial charge on any atom is 0.234 e. The molecule has 58 valence electrons. The lowest BCUT2D eigenvalue weighted by atomic mass is 10.00. The minimum atomic E-state index is -0.463. The van der Waals surface area contributed by atoms with Crippen LogP contribution in [0.2, 0.25) is 0 Å². The smallest absolute Gasteiger partial charge is 0.234 e. The van der Waals surface area contributed by atoms with Crippen molar-refractivity contribution in [3.05, 3.63) is 0 Å². The number of hydrogen-bond acceptors (Lipinski definition) is 3. The van der Waals surface area contributed by atoms with E-state index in [1.807, 2.05) is 0 Å². The third-order valence-corrected chi connectivity index (χ3v) is 1.93. The van der Waals surface area contributed by atoms with Gasteiger partial charge < -0.3 is 16.8 Å². The monoisotopic (exact) mass is 143 g/mol. The van der Waals surface area contributed by atoms with Crippen molar-refractivity contribution in [2.24, 2.45) is 17.4 Å². The third-order valence-electron chi connectivity index (χ3n) is 1.93. The standard InChI is InChI=1S/C6H13N3O/c7-5(6(8)10)4-1-2-9-3-4/h4-5,9H,1-3,7H2,(H2,8,10). The van der Waals surface area contributed by atoms with E-state index >= 15 is 0 Å². The minimum Gasteiger partial charge on any atom is -0.368 e. The number of rotatable bonds is 2. The molecular formula is C6H13N3O. The van der Waals surface area contributed by atoms with Crippen LogP contribution in [-0.4, -0.2) is 25.0 Å². The predicted octanol–water partition coefficient (Wildman–Crippen LogP) is -1.59. The maximum absolute atomic E-state index is 10.6. The molecule has 1 saturated heterocycles. The molecule has 1 fully saturated rings. The molecular weight excluding hydrogens is 130 g/mol. The second-order valence-corrected chi connectivity index (χ2v) is 2.68. The van der Waals surface area contributed by atoms with E-state index in [2.05, 4.69) is 5.32 Å². The predicted molar refractivity (Wildman–Crippen MR) is 38.1 cm³/mol. The molecule has 4 heteroatoms. The zero-order chi connectivity index (χ0) is 7.56. The quantitative estimate of drug-likeness (QED) is 0.436. The van der Waals surface area contributed by atoms with Gasteiger partial charge in [0, 0.05) is 0 Å². The summed E-state index contributed by atoms with van der Waals surface area (Å²) in [6, 6.07) is -0.463. The summed E-state index contributed by atoms with van der Waals surface area (Å²) in [6.07, 6.45) is 0.962. The first kappa shape index (κ1) is 7.50. The van der Waals surface area contributed by atoms with Gasteiger partial charge in [0.25, 0.3) is 0 Å². The molecule has 0 saturated carbocycles. The van der Waals surface area contributed by atoms with Crippen LogP contribution in [0.3, 0.4) is 0 Å². The Bertz CT molecular complexity index is 131. The number of nitrogens with one attached hydrogen (secondary N) is 1. The molecule has 1 heterocycles. The van der Waals surface area contributed by atoms with E-state index < -0.39 is 11.9 Å². The van der Waals surface area contributed by atoms with Crippen molar-refractivity contribution in [2.75, 3.05) is 13.1 Å². The molecule has 0 aromatic heterocycles. The first-order valence-corrected chi connectivity index (χ1v) is 3.47. The van der Waals surface area contributed by atoms with Crippen molar-refractivity contribution in [1.82, 2.24) is 5.32 Å². The Morgan fingerprint density at radius 3 is 2.80 bits per heavy atom. The van der Waals surface area contributed by atoms with E-state index in [4.69, 9.17) is 11.5 Å². The Kier molecular flexibility index (Phi) is 2.24. The fraction of sp³-hybridized carbons (Fsp3) is 0.833. The fourth-order valence-electron chi connectivity index (χ4n) is 1.22. The number of hydrogen-bond donors (Lipinski definition) is 3. The highest BCUT2D eigenvalue weighted by Gasteiger charge is 2.25. The van der Waals surface area contributed by atoms with Gasteiger partial charge in [0.1, 0.15) is 0 Å². The molecule has 0 aliphatic carbocycles. The fourth-order valence-corrected chi connectivity index (χ4v) is 1.22. The normalized spacial score (nSPS) is 28.3. The summed E-state index contributed by atoms with van der Waals surface area (Å²) < 4.78 is 0. The van der Waals surface area contributed by atoms with E-state index in [1.165, 1.54) is 0 Å². The summed E-state index contributed by atoms with van der Waals surface area (Å²) in [7, 11) is 0. The van der Waals surface area contributed by atoms with Crippen LogP contribution in [0.5, 0.6) is 0 Å². The topological polar surface area (TPSA) is 81.1 Å². The Labute approximate surface area is 59.9 Å². The van der Waals surface area contributed by atoms with Crippen LogP contribution in [0.1, 0.15) is 6.42 Å². The highest BCUT2D eigenvalue weighted by atomic mass is 16.1. The highest BCUT2D eigenvalue weighted by molar-refractivity contribution is 5.79. The summed E-state index contributed by atoms with van der Waals surface area (Å²) in [6.45, 7) is 1.77. The van der Waals surface area contributed by atoms with Crippen molar-refractivity contribution in [1.29, 1.82) is 0 Å². The number of carbonyl (C=O) groups is 1. The molecule has 1 aliphatic heterocycles. The largest absolute Gasteiger partial charge is 0.368 e. The van der Waals surface area contributed by atoms with Gasteiger partial charge in [-0.15, -0.1) is 0 Å². The van der Waals surface area contributed by atoms with Crippen molar-refractivity contribution in [3.8, 4) is 0 Å². The number of nitrogens with two attached hydrogens (primary N) is 2. The molecule has 1 rings (SSSR count). The third kappa shape index (κ3) is 1.46. The summed E-state index contributed by atoms with van der Waals surface area (Å²) in [5.41, 5.74) is 10.5. The molecule has 0 bridgehead atoms. The SMILES string of the molecule is NC(=O)C(N)C1CCNC1. The molecule has 2 unspecified atom stereocenters. The Morgan fingerprint density at radius 2 is 2.40 bits per heavy atom. The van der Waals surface area contributed by atoms with Gasteiger partial charge in [-0.05, 0) is 25.4 Å². The molecule has 5 N–H and O–H groups in total. The number of carbonyl (C=O) groups excluding carboxylic acids is 1. The molecule has 2 atom stereocenters. The second-order valence-electron chi connectivity index (χ2n) is 2.68. The van der Waals surface area contributed by atoms with Crippen LogP contribution in [0.25, 0.3) is 0 Å². The van der Waals surface area contributed by atoms with Crippen molar-refractivity contribution >= 4 is 5.91 Å². The van der Waals surface area contributed by atoms with Gasteiger partial charge in [0.2, 0.25) is 5.91 Å². The van der Waals surface area contributed by atoms with Crippen molar-refractivity contribution in [3.63, 3.8) is 0 Å². The summed E-state index contributed by atoms with van der Waals surface area (Å²) in [5.74, 6) is -0.147. The average molecular weight is 143 g/mol. The first-order chi connectivity index (χ1) is 4.72. The Morgan fingerprint density at radius 1 is 1.70 bits per heavy atom. The Hall–Kier alpha value is -0.610. The van der Waals surface area contributed by atoms with Crippen molar-refractivity contribution < 1.29 is 4.79 Å². The summed E-state index contributed by atoms with van der Waals surface area (Å²) >= 11 is 0. The molecule has 1 aliphatic rings. The summed E-state index contributed by atoms with van der Waals surface area (Å²) in [4.78, 5) is 10.6. The lowest BCUT2D eigenvalue weighted by Crippen LogP contribution is -2.43. The van der Waals surface area contributed by atoms with Gasteiger partial charge in [-0.25, -0.2) is 0 Å². The molecule has 0 radical (unpaired) electrons. The average Bonchev–Trinajstić information content (AvgIpc) is 2.36. The second kappa shape index (κ2) is 2.98. The van der Waals surface area contributed by atoms with Gasteiger partial charge in [-0.3, -0.25) is 4.79 Å². The molecule has 0 spiro atoms. The van der Waals surface area contributed by atoms with Crippen LogP contribution >= 0.6 is 0 Å². The van der Waals surface area contributed by atoms with Gasteiger partial charge in [-0.1, -0.05) is 0 Å². The van der Waals surface area contributed by atoms with Gasteiger partial charge in [0.15, 0.2) is 0 Å². The number of amides is 1. The summed E-state index contributed by atoms with van der Waals surface area (Å²) in [5, 5.41) is 3.12. The molecule has 0 aromatic carbocycles. The Balaban J connectivity index is 2.39. The zero-order valence-electron chi connectivity index (χ0n) is 5.84. The van der Waals surface area contributed by atoms with Crippen LogP contribution < -0.4 is 16.8 Å². The van der Waals surface area contributed by atoms with Crippen LogP contribution in [0.4, 0.5) is 0 Å². The van der Waals surface area contributed by atoms with Gasteiger partial charge in [0.05, 0.1) is 6.04 Å². The first-order valence-electron chi connectivity index (χ1n) is 3.47. The van der Waals surface area contributed by atoms with Gasteiger partial charge >= 0.3 is 0 Å². The van der Waals surface area contributed by atoms with Crippen LogP contribution in [0.15, 0.2) is 0 Å². The van der Waals surface area contributed by atoms with E-state index in [0.29, 0.717) is 0 Å². The number of primary amides is 1. The van der Waals surface area contributed by atoms with Crippen molar-refractivity contribution in [2.45, 2.75) is 12.5 Å². The molecule has 4 nitrogen and oxygen atoms in total. The van der Waals surface area contributed by atoms with E-state index in [1.54, 1.807) is 0 Å². The van der Waals surface area contributed by atoms with Crippen LogP contribution in [0, 0.1) is 5.92 Å². The van der Waals surface area contributed by atoms with Gasteiger partial charge in [-0.2, -0.15) is 0 Å². The minimum absolute atomic E-state index is 0.248. The van der Waals surface area contributed by atoms with E-state index in [0.717, 1.165) is 19.5 Å².